The Morgan fingerprint density at radius 3 is 2.56 bits per heavy atom. The number of carbonyl (C=O) groups excluding carboxylic acids is 1. The van der Waals surface area contributed by atoms with Crippen molar-refractivity contribution in [2.24, 2.45) is 0 Å². The van der Waals surface area contributed by atoms with E-state index in [4.69, 9.17) is 16.3 Å². The van der Waals surface area contributed by atoms with Crippen molar-refractivity contribution in [3.63, 3.8) is 0 Å². The Morgan fingerprint density at radius 1 is 1.15 bits per heavy atom. The Kier molecular flexibility index (Phi) is 7.89. The van der Waals surface area contributed by atoms with Crippen LogP contribution in [0.1, 0.15) is 17.5 Å². The van der Waals surface area contributed by atoms with Crippen LogP contribution in [0.25, 0.3) is 10.2 Å². The SMILES string of the molecule is Cc1ccc(S(=O)(=O)CC(=O)N(CCCN2CCOCC2)c2nc3c(C)c(Cl)ccc3s2)cc1. The average molecular weight is 522 g/mol. The Balaban J connectivity index is 1.58. The first-order valence-corrected chi connectivity index (χ1v) is 14.0. The number of anilines is 1. The fourth-order valence-corrected chi connectivity index (χ4v) is 6.30. The van der Waals surface area contributed by atoms with Crippen molar-refractivity contribution in [3.8, 4) is 0 Å². The third-order valence-electron chi connectivity index (χ3n) is 5.92. The summed E-state index contributed by atoms with van der Waals surface area (Å²) in [6.07, 6.45) is 0.700. The molecule has 3 aromatic rings. The quantitative estimate of drug-likeness (QED) is 0.444. The van der Waals surface area contributed by atoms with Crippen molar-refractivity contribution in [1.82, 2.24) is 9.88 Å². The summed E-state index contributed by atoms with van der Waals surface area (Å²) < 4.78 is 32.3. The summed E-state index contributed by atoms with van der Waals surface area (Å²) in [6.45, 7) is 8.08. The molecule has 0 N–H and O–H groups in total. The molecule has 2 heterocycles. The fraction of sp³-hybridized carbons (Fsp3) is 0.417. The van der Waals surface area contributed by atoms with Gasteiger partial charge in [-0.25, -0.2) is 13.4 Å². The maximum absolute atomic E-state index is 13.4. The van der Waals surface area contributed by atoms with Gasteiger partial charge in [0.05, 0.1) is 28.3 Å². The third-order valence-corrected chi connectivity index (χ3v) is 8.99. The molecule has 0 radical (unpaired) electrons. The highest BCUT2D eigenvalue weighted by atomic mass is 35.5. The zero-order valence-corrected chi connectivity index (χ0v) is 21.7. The van der Waals surface area contributed by atoms with Crippen molar-refractivity contribution >= 4 is 54.0 Å². The number of aryl methyl sites for hydroxylation is 2. The molecule has 1 aliphatic rings. The number of morpholine rings is 1. The monoisotopic (exact) mass is 521 g/mol. The van der Waals surface area contributed by atoms with E-state index in [9.17, 15) is 13.2 Å². The second kappa shape index (κ2) is 10.7. The van der Waals surface area contributed by atoms with Gasteiger partial charge in [0.2, 0.25) is 5.91 Å². The van der Waals surface area contributed by atoms with Gasteiger partial charge in [-0.05, 0) is 50.1 Å². The molecule has 2 aromatic carbocycles. The van der Waals surface area contributed by atoms with Gasteiger partial charge in [0.15, 0.2) is 15.0 Å². The molecule has 1 saturated heterocycles. The molecule has 182 valence electrons. The van der Waals surface area contributed by atoms with E-state index in [1.54, 1.807) is 24.3 Å². The number of ether oxygens (including phenoxy) is 1. The van der Waals surface area contributed by atoms with Gasteiger partial charge in [0, 0.05) is 31.2 Å². The Bertz CT molecular complexity index is 1270. The average Bonchev–Trinajstić information content (AvgIpc) is 3.24. The number of aromatic nitrogens is 1. The van der Waals surface area contributed by atoms with E-state index in [0.29, 0.717) is 36.3 Å². The van der Waals surface area contributed by atoms with Crippen molar-refractivity contribution in [3.05, 3.63) is 52.5 Å². The zero-order chi connectivity index (χ0) is 24.3. The Morgan fingerprint density at radius 2 is 1.85 bits per heavy atom. The number of fused-ring (bicyclic) bond motifs is 1. The molecule has 34 heavy (non-hydrogen) atoms. The number of hydrogen-bond acceptors (Lipinski definition) is 7. The van der Waals surface area contributed by atoms with Crippen LogP contribution in [0.5, 0.6) is 0 Å². The van der Waals surface area contributed by atoms with Gasteiger partial charge in [-0.3, -0.25) is 14.6 Å². The first kappa shape index (κ1) is 25.1. The number of benzene rings is 2. The predicted octanol–water partition coefficient (Wildman–Crippen LogP) is 4.10. The molecule has 1 aromatic heterocycles. The van der Waals surface area contributed by atoms with E-state index in [0.717, 1.165) is 41.0 Å². The smallest absolute Gasteiger partial charge is 0.244 e. The molecular formula is C24H28ClN3O4S2. The highest BCUT2D eigenvalue weighted by Gasteiger charge is 2.27. The van der Waals surface area contributed by atoms with Crippen LogP contribution >= 0.6 is 22.9 Å². The van der Waals surface area contributed by atoms with E-state index in [1.807, 2.05) is 26.0 Å². The topological polar surface area (TPSA) is 79.8 Å². The van der Waals surface area contributed by atoms with Gasteiger partial charge < -0.3 is 4.74 Å². The standard InChI is InChI=1S/C24H28ClN3O4S2/c1-17-4-6-19(7-5-17)34(30,31)16-22(29)28(11-3-10-27-12-14-32-15-13-27)24-26-23-18(2)20(25)8-9-21(23)33-24/h4-9H,3,10-16H2,1-2H3. The number of sulfone groups is 1. The van der Waals surface area contributed by atoms with Crippen LogP contribution in [-0.2, 0) is 19.4 Å². The maximum atomic E-state index is 13.4. The van der Waals surface area contributed by atoms with Crippen LogP contribution in [0.2, 0.25) is 5.02 Å². The molecule has 7 nitrogen and oxygen atoms in total. The van der Waals surface area contributed by atoms with Crippen LogP contribution in [-0.4, -0.2) is 69.4 Å². The second-order valence-electron chi connectivity index (χ2n) is 8.44. The minimum Gasteiger partial charge on any atom is -0.379 e. The second-order valence-corrected chi connectivity index (χ2v) is 11.8. The fourth-order valence-electron chi connectivity index (χ4n) is 3.88. The van der Waals surface area contributed by atoms with Crippen molar-refractivity contribution in [2.45, 2.75) is 25.2 Å². The van der Waals surface area contributed by atoms with Gasteiger partial charge in [-0.1, -0.05) is 40.6 Å². The molecule has 0 spiro atoms. The largest absolute Gasteiger partial charge is 0.379 e. The molecule has 4 rings (SSSR count). The van der Waals surface area contributed by atoms with Crippen LogP contribution in [0, 0.1) is 13.8 Å². The lowest BCUT2D eigenvalue weighted by Crippen LogP contribution is -2.40. The van der Waals surface area contributed by atoms with Gasteiger partial charge >= 0.3 is 0 Å². The van der Waals surface area contributed by atoms with Crippen LogP contribution < -0.4 is 4.90 Å². The van der Waals surface area contributed by atoms with E-state index in [1.165, 1.54) is 16.2 Å². The van der Waals surface area contributed by atoms with Crippen LogP contribution in [0.15, 0.2) is 41.3 Å². The van der Waals surface area contributed by atoms with Crippen molar-refractivity contribution in [2.75, 3.05) is 50.0 Å². The van der Waals surface area contributed by atoms with Crippen LogP contribution in [0.4, 0.5) is 5.13 Å². The Hall–Kier alpha value is -2.04. The summed E-state index contributed by atoms with van der Waals surface area (Å²) in [4.78, 5) is 22.0. The summed E-state index contributed by atoms with van der Waals surface area (Å²) in [5.41, 5.74) is 2.54. The van der Waals surface area contributed by atoms with Gasteiger partial charge in [0.1, 0.15) is 5.75 Å². The summed E-state index contributed by atoms with van der Waals surface area (Å²) >= 11 is 7.64. The number of amides is 1. The van der Waals surface area contributed by atoms with E-state index in [2.05, 4.69) is 9.88 Å². The highest BCUT2D eigenvalue weighted by molar-refractivity contribution is 7.92. The molecule has 0 aliphatic carbocycles. The summed E-state index contributed by atoms with van der Waals surface area (Å²) in [6, 6.07) is 10.3. The van der Waals surface area contributed by atoms with E-state index in [-0.39, 0.29) is 4.90 Å². The lowest BCUT2D eigenvalue weighted by Gasteiger charge is -2.27. The van der Waals surface area contributed by atoms with Crippen molar-refractivity contribution < 1.29 is 17.9 Å². The number of rotatable bonds is 8. The highest BCUT2D eigenvalue weighted by Crippen LogP contribution is 2.34. The molecule has 1 aliphatic heterocycles. The van der Waals surface area contributed by atoms with E-state index >= 15 is 0 Å². The first-order chi connectivity index (χ1) is 16.2. The normalized spacial score (nSPS) is 15.0. The molecule has 1 fully saturated rings. The Labute approximate surface area is 209 Å². The van der Waals surface area contributed by atoms with Gasteiger partial charge in [0.25, 0.3) is 0 Å². The summed E-state index contributed by atoms with van der Waals surface area (Å²) in [5, 5.41) is 1.10. The van der Waals surface area contributed by atoms with E-state index < -0.39 is 21.5 Å². The molecule has 10 heteroatoms. The first-order valence-electron chi connectivity index (χ1n) is 11.2. The lowest BCUT2D eigenvalue weighted by atomic mass is 10.2. The number of nitrogens with zero attached hydrogens (tertiary/aromatic N) is 3. The van der Waals surface area contributed by atoms with Crippen molar-refractivity contribution in [1.29, 1.82) is 0 Å². The number of halogens is 1. The molecule has 0 unspecified atom stereocenters. The molecule has 0 atom stereocenters. The molecule has 0 bridgehead atoms. The molecular weight excluding hydrogens is 494 g/mol. The number of hydrogen-bond donors (Lipinski definition) is 0. The number of thiazole rings is 1. The van der Waals surface area contributed by atoms with Gasteiger partial charge in [-0.15, -0.1) is 0 Å². The number of carbonyl (C=O) groups is 1. The molecule has 1 amide bonds. The lowest BCUT2D eigenvalue weighted by molar-refractivity contribution is -0.116. The summed E-state index contributed by atoms with van der Waals surface area (Å²) in [7, 11) is -3.78. The zero-order valence-electron chi connectivity index (χ0n) is 19.3. The van der Waals surface area contributed by atoms with Gasteiger partial charge in [-0.2, -0.15) is 0 Å². The maximum Gasteiger partial charge on any atom is 0.244 e. The molecule has 0 saturated carbocycles. The predicted molar refractivity (Wildman–Crippen MR) is 137 cm³/mol. The van der Waals surface area contributed by atoms with Crippen LogP contribution in [0.3, 0.4) is 0 Å². The minimum atomic E-state index is -3.78. The third kappa shape index (κ3) is 5.78. The minimum absolute atomic E-state index is 0.145. The summed E-state index contributed by atoms with van der Waals surface area (Å²) in [5.74, 6) is -1.09.